The maximum atomic E-state index is 12.6. The first-order valence-electron chi connectivity index (χ1n) is 5.74. The Bertz CT molecular complexity index is 596. The van der Waals surface area contributed by atoms with Gasteiger partial charge in [-0.05, 0) is 19.1 Å². The van der Waals surface area contributed by atoms with Crippen LogP contribution in [0.2, 0.25) is 0 Å². The van der Waals surface area contributed by atoms with Crippen LogP contribution in [0, 0.1) is 0 Å². The average Bonchev–Trinajstić information content (AvgIpc) is 2.86. The summed E-state index contributed by atoms with van der Waals surface area (Å²) >= 11 is 0. The van der Waals surface area contributed by atoms with Gasteiger partial charge < -0.3 is 15.4 Å². The third-order valence-corrected chi connectivity index (χ3v) is 2.69. The molecule has 2 rings (SSSR count). The summed E-state index contributed by atoms with van der Waals surface area (Å²) < 4.78 is 42.7. The van der Waals surface area contributed by atoms with Crippen LogP contribution in [0.5, 0.6) is 0 Å². The molecule has 0 spiro atoms. The summed E-state index contributed by atoms with van der Waals surface area (Å²) in [6.07, 6.45) is -5.36. The molecule has 0 saturated heterocycles. The minimum atomic E-state index is -4.45. The highest BCUT2D eigenvalue weighted by Crippen LogP contribution is 2.31. The molecule has 20 heavy (non-hydrogen) atoms. The van der Waals surface area contributed by atoms with E-state index in [1.54, 1.807) is 0 Å². The lowest BCUT2D eigenvalue weighted by atomic mass is 10.1. The summed E-state index contributed by atoms with van der Waals surface area (Å²) in [5.74, 6) is -0.0467. The van der Waals surface area contributed by atoms with Crippen molar-refractivity contribution in [3.8, 4) is 11.4 Å². The maximum Gasteiger partial charge on any atom is 0.416 e. The van der Waals surface area contributed by atoms with Gasteiger partial charge in [0.15, 0.2) is 0 Å². The minimum Gasteiger partial charge on any atom is -0.391 e. The second kappa shape index (κ2) is 5.22. The van der Waals surface area contributed by atoms with E-state index >= 15 is 0 Å². The molecular formula is C12H12F3N3O2. The highest BCUT2D eigenvalue weighted by atomic mass is 19.4. The van der Waals surface area contributed by atoms with Crippen molar-refractivity contribution in [2.45, 2.75) is 25.2 Å². The predicted molar refractivity (Wildman–Crippen MR) is 63.3 cm³/mol. The number of nitrogens with two attached hydrogens (primary N) is 1. The largest absolute Gasteiger partial charge is 0.416 e. The summed E-state index contributed by atoms with van der Waals surface area (Å²) in [4.78, 5) is 3.89. The zero-order chi connectivity index (χ0) is 14.9. The molecule has 2 atom stereocenters. The van der Waals surface area contributed by atoms with Gasteiger partial charge in [0.2, 0.25) is 11.7 Å². The molecule has 0 amide bonds. The Labute approximate surface area is 112 Å². The van der Waals surface area contributed by atoms with E-state index in [0.29, 0.717) is 0 Å². The van der Waals surface area contributed by atoms with Crippen molar-refractivity contribution in [1.82, 2.24) is 10.1 Å². The topological polar surface area (TPSA) is 85.2 Å². The smallest absolute Gasteiger partial charge is 0.391 e. The zero-order valence-corrected chi connectivity index (χ0v) is 10.4. The second-order valence-electron chi connectivity index (χ2n) is 4.30. The SMILES string of the molecule is C[C@@H](O)[C@H](N)c1nc(-c2cccc(C(F)(F)F)c2)no1. The van der Waals surface area contributed by atoms with Crippen LogP contribution in [0.15, 0.2) is 28.8 Å². The van der Waals surface area contributed by atoms with Crippen LogP contribution in [0.4, 0.5) is 13.2 Å². The Hall–Kier alpha value is -1.93. The van der Waals surface area contributed by atoms with Gasteiger partial charge in [0.25, 0.3) is 0 Å². The van der Waals surface area contributed by atoms with E-state index in [1.165, 1.54) is 19.1 Å². The Kier molecular flexibility index (Phi) is 3.78. The van der Waals surface area contributed by atoms with Gasteiger partial charge in [-0.2, -0.15) is 18.2 Å². The van der Waals surface area contributed by atoms with E-state index in [2.05, 4.69) is 10.1 Å². The van der Waals surface area contributed by atoms with E-state index in [1.807, 2.05) is 0 Å². The lowest BCUT2D eigenvalue weighted by molar-refractivity contribution is -0.137. The van der Waals surface area contributed by atoms with Gasteiger partial charge in [-0.25, -0.2) is 0 Å². The molecule has 0 saturated carbocycles. The lowest BCUT2D eigenvalue weighted by Crippen LogP contribution is -2.23. The number of halogens is 3. The highest BCUT2D eigenvalue weighted by molar-refractivity contribution is 5.55. The van der Waals surface area contributed by atoms with Crippen molar-refractivity contribution >= 4 is 0 Å². The van der Waals surface area contributed by atoms with Gasteiger partial charge in [0.1, 0.15) is 6.04 Å². The first-order valence-corrected chi connectivity index (χ1v) is 5.74. The molecule has 0 aliphatic carbocycles. The zero-order valence-electron chi connectivity index (χ0n) is 10.4. The molecule has 5 nitrogen and oxygen atoms in total. The number of alkyl halides is 3. The Morgan fingerprint density at radius 2 is 2.05 bits per heavy atom. The molecule has 1 heterocycles. The first-order chi connectivity index (χ1) is 9.29. The molecule has 0 aliphatic rings. The van der Waals surface area contributed by atoms with Crippen LogP contribution in [-0.4, -0.2) is 21.4 Å². The molecule has 2 aromatic rings. The highest BCUT2D eigenvalue weighted by Gasteiger charge is 2.31. The molecular weight excluding hydrogens is 275 g/mol. The van der Waals surface area contributed by atoms with Gasteiger partial charge in [-0.15, -0.1) is 0 Å². The molecule has 8 heteroatoms. The van der Waals surface area contributed by atoms with E-state index < -0.39 is 23.9 Å². The molecule has 1 aromatic carbocycles. The quantitative estimate of drug-likeness (QED) is 0.903. The summed E-state index contributed by atoms with van der Waals surface area (Å²) in [6.45, 7) is 1.44. The number of aliphatic hydroxyl groups excluding tert-OH is 1. The Morgan fingerprint density at radius 3 is 2.65 bits per heavy atom. The minimum absolute atomic E-state index is 0.0119. The van der Waals surface area contributed by atoms with Gasteiger partial charge in [0, 0.05) is 5.56 Å². The van der Waals surface area contributed by atoms with Gasteiger partial charge in [-0.3, -0.25) is 0 Å². The average molecular weight is 287 g/mol. The second-order valence-corrected chi connectivity index (χ2v) is 4.30. The molecule has 0 fully saturated rings. The number of nitrogens with zero attached hydrogens (tertiary/aromatic N) is 2. The molecule has 108 valence electrons. The fourth-order valence-corrected chi connectivity index (χ4v) is 1.53. The van der Waals surface area contributed by atoms with Crippen molar-refractivity contribution in [3.05, 3.63) is 35.7 Å². The number of rotatable bonds is 3. The summed E-state index contributed by atoms with van der Waals surface area (Å²) in [7, 11) is 0. The standard InChI is InChI=1S/C12H12F3N3O2/c1-6(19)9(16)11-17-10(18-20-11)7-3-2-4-8(5-7)12(13,14)15/h2-6,9,19H,16H2,1H3/t6-,9+/m1/s1. The fourth-order valence-electron chi connectivity index (χ4n) is 1.53. The van der Waals surface area contributed by atoms with E-state index in [9.17, 15) is 18.3 Å². The fraction of sp³-hybridized carbons (Fsp3) is 0.333. The van der Waals surface area contributed by atoms with Crippen molar-refractivity contribution in [2.75, 3.05) is 0 Å². The molecule has 1 aromatic heterocycles. The molecule has 0 bridgehead atoms. The summed E-state index contributed by atoms with van der Waals surface area (Å²) in [5.41, 5.74) is 4.96. The van der Waals surface area contributed by atoms with Crippen LogP contribution in [-0.2, 0) is 6.18 Å². The van der Waals surface area contributed by atoms with Crippen LogP contribution in [0.3, 0.4) is 0 Å². The number of hydrogen-bond donors (Lipinski definition) is 2. The van der Waals surface area contributed by atoms with Crippen molar-refractivity contribution < 1.29 is 22.8 Å². The van der Waals surface area contributed by atoms with E-state index in [-0.39, 0.29) is 17.3 Å². The van der Waals surface area contributed by atoms with Crippen LogP contribution in [0.25, 0.3) is 11.4 Å². The summed E-state index contributed by atoms with van der Waals surface area (Å²) in [5, 5.41) is 12.9. The van der Waals surface area contributed by atoms with E-state index in [4.69, 9.17) is 10.3 Å². The third-order valence-electron chi connectivity index (χ3n) is 2.69. The lowest BCUT2D eigenvalue weighted by Gasteiger charge is -2.08. The van der Waals surface area contributed by atoms with E-state index in [0.717, 1.165) is 12.1 Å². The van der Waals surface area contributed by atoms with Gasteiger partial charge in [0.05, 0.1) is 11.7 Å². The van der Waals surface area contributed by atoms with Gasteiger partial charge >= 0.3 is 6.18 Å². The molecule has 0 unspecified atom stereocenters. The molecule has 0 aliphatic heterocycles. The molecule has 0 radical (unpaired) electrons. The molecule has 3 N–H and O–H groups in total. The van der Waals surface area contributed by atoms with Crippen molar-refractivity contribution in [2.24, 2.45) is 5.73 Å². The maximum absolute atomic E-state index is 12.6. The van der Waals surface area contributed by atoms with Crippen LogP contribution < -0.4 is 5.73 Å². The van der Waals surface area contributed by atoms with Gasteiger partial charge in [-0.1, -0.05) is 17.3 Å². The van der Waals surface area contributed by atoms with Crippen molar-refractivity contribution in [1.29, 1.82) is 0 Å². The number of hydrogen-bond acceptors (Lipinski definition) is 5. The van der Waals surface area contributed by atoms with Crippen LogP contribution >= 0.6 is 0 Å². The Morgan fingerprint density at radius 1 is 1.35 bits per heavy atom. The normalized spacial score (nSPS) is 15.1. The number of aliphatic hydroxyl groups is 1. The van der Waals surface area contributed by atoms with Crippen LogP contribution in [0.1, 0.15) is 24.4 Å². The Balaban J connectivity index is 2.33. The van der Waals surface area contributed by atoms with Crippen molar-refractivity contribution in [3.63, 3.8) is 0 Å². The predicted octanol–water partition coefficient (Wildman–Crippen LogP) is 2.14. The first kappa shape index (κ1) is 14.5. The number of benzene rings is 1. The number of aromatic nitrogens is 2. The monoisotopic (exact) mass is 287 g/mol. The summed E-state index contributed by atoms with van der Waals surface area (Å²) in [6, 6.07) is 3.66. The third kappa shape index (κ3) is 2.97.